The summed E-state index contributed by atoms with van der Waals surface area (Å²) < 4.78 is 0. The third kappa shape index (κ3) is 5.14. The van der Waals surface area contributed by atoms with E-state index < -0.39 is 5.97 Å². The molecule has 0 aliphatic rings. The van der Waals surface area contributed by atoms with Gasteiger partial charge in [-0.3, -0.25) is 14.5 Å². The lowest BCUT2D eigenvalue weighted by molar-refractivity contribution is -0.136. The lowest BCUT2D eigenvalue weighted by Crippen LogP contribution is -2.32. The molecule has 1 aromatic heterocycles. The van der Waals surface area contributed by atoms with Crippen molar-refractivity contribution in [2.24, 2.45) is 0 Å². The van der Waals surface area contributed by atoms with Crippen molar-refractivity contribution >= 4 is 28.9 Å². The first-order valence-corrected chi connectivity index (χ1v) is 8.68. The first-order valence-electron chi connectivity index (χ1n) is 7.80. The van der Waals surface area contributed by atoms with Gasteiger partial charge in [0.2, 0.25) is 5.91 Å². The Bertz CT molecular complexity index is 693. The molecule has 0 aliphatic heterocycles. The summed E-state index contributed by atoms with van der Waals surface area (Å²) in [5, 5.41) is 14.2. The molecule has 0 atom stereocenters. The second kappa shape index (κ2) is 8.56. The van der Waals surface area contributed by atoms with Crippen molar-refractivity contribution < 1.29 is 14.7 Å². The van der Waals surface area contributed by atoms with Crippen molar-refractivity contribution in [3.8, 4) is 10.6 Å². The number of likely N-dealkylation sites (N-methyl/N-ethyl adjacent to an activating group) is 1. The number of thiazole rings is 1. The summed E-state index contributed by atoms with van der Waals surface area (Å²) in [5.74, 6) is -0.928. The van der Waals surface area contributed by atoms with E-state index in [0.29, 0.717) is 12.2 Å². The number of nitrogens with one attached hydrogen (secondary N) is 1. The van der Waals surface area contributed by atoms with Gasteiger partial charge in [0.25, 0.3) is 0 Å². The maximum Gasteiger partial charge on any atom is 0.309 e. The predicted octanol–water partition coefficient (Wildman–Crippen LogP) is 2.72. The lowest BCUT2D eigenvalue weighted by Gasteiger charge is -2.17. The van der Waals surface area contributed by atoms with Gasteiger partial charge in [0.15, 0.2) is 0 Å². The van der Waals surface area contributed by atoms with Crippen LogP contribution in [0.25, 0.3) is 10.6 Å². The second-order valence-corrected chi connectivity index (χ2v) is 6.16. The van der Waals surface area contributed by atoms with E-state index in [-0.39, 0.29) is 12.3 Å². The number of carboxylic acids is 1. The molecule has 1 aromatic carbocycles. The number of carboxylic acid groups (broad SMARTS) is 1. The van der Waals surface area contributed by atoms with Crippen molar-refractivity contribution in [2.75, 3.05) is 25.0 Å². The molecule has 7 heteroatoms. The SMILES string of the molecule is CCN(CC)CC(=O)Nc1ccc(-c2nc(CC(=O)O)cs2)cc1. The lowest BCUT2D eigenvalue weighted by atomic mass is 10.2. The van der Waals surface area contributed by atoms with Crippen LogP contribution in [0.5, 0.6) is 0 Å². The summed E-state index contributed by atoms with van der Waals surface area (Å²) in [6.45, 7) is 6.10. The molecule has 0 unspecified atom stereocenters. The van der Waals surface area contributed by atoms with Crippen molar-refractivity contribution in [2.45, 2.75) is 20.3 Å². The zero-order valence-electron chi connectivity index (χ0n) is 13.8. The van der Waals surface area contributed by atoms with Crippen LogP contribution in [-0.4, -0.2) is 46.5 Å². The van der Waals surface area contributed by atoms with E-state index in [1.165, 1.54) is 11.3 Å². The van der Waals surface area contributed by atoms with Crippen LogP contribution in [0.3, 0.4) is 0 Å². The Labute approximate surface area is 145 Å². The Morgan fingerprint density at radius 3 is 2.46 bits per heavy atom. The normalized spacial score (nSPS) is 10.8. The van der Waals surface area contributed by atoms with Gasteiger partial charge in [-0.1, -0.05) is 13.8 Å². The van der Waals surface area contributed by atoms with Crippen LogP contribution in [-0.2, 0) is 16.0 Å². The molecule has 0 aliphatic carbocycles. The molecule has 0 radical (unpaired) electrons. The summed E-state index contributed by atoms with van der Waals surface area (Å²) in [4.78, 5) is 29.0. The number of aliphatic carboxylic acids is 1. The zero-order chi connectivity index (χ0) is 17.5. The van der Waals surface area contributed by atoms with E-state index in [1.807, 2.05) is 43.0 Å². The molecule has 1 heterocycles. The molecule has 2 rings (SSSR count). The largest absolute Gasteiger partial charge is 0.481 e. The van der Waals surface area contributed by atoms with Crippen molar-refractivity contribution in [1.82, 2.24) is 9.88 Å². The van der Waals surface area contributed by atoms with E-state index >= 15 is 0 Å². The molecular weight excluding hydrogens is 326 g/mol. The van der Waals surface area contributed by atoms with Crippen molar-refractivity contribution in [3.63, 3.8) is 0 Å². The maximum atomic E-state index is 12.0. The highest BCUT2D eigenvalue weighted by Gasteiger charge is 2.10. The van der Waals surface area contributed by atoms with Gasteiger partial charge >= 0.3 is 5.97 Å². The van der Waals surface area contributed by atoms with Crippen LogP contribution in [0.15, 0.2) is 29.6 Å². The fourth-order valence-corrected chi connectivity index (χ4v) is 3.05. The Morgan fingerprint density at radius 2 is 1.88 bits per heavy atom. The molecule has 0 bridgehead atoms. The molecule has 24 heavy (non-hydrogen) atoms. The number of hydrogen-bond acceptors (Lipinski definition) is 5. The summed E-state index contributed by atoms with van der Waals surface area (Å²) in [7, 11) is 0. The van der Waals surface area contributed by atoms with Gasteiger partial charge < -0.3 is 10.4 Å². The molecule has 6 nitrogen and oxygen atoms in total. The first-order chi connectivity index (χ1) is 11.5. The summed E-state index contributed by atoms with van der Waals surface area (Å²) in [6, 6.07) is 7.40. The number of benzene rings is 1. The van der Waals surface area contributed by atoms with E-state index in [0.717, 1.165) is 29.3 Å². The summed E-state index contributed by atoms with van der Waals surface area (Å²) in [5.41, 5.74) is 2.19. The quantitative estimate of drug-likeness (QED) is 0.767. The van der Waals surface area contributed by atoms with Gasteiger partial charge in [0.1, 0.15) is 5.01 Å². The average molecular weight is 347 g/mol. The average Bonchev–Trinajstić information content (AvgIpc) is 3.01. The molecule has 0 fully saturated rings. The van der Waals surface area contributed by atoms with Crippen LogP contribution in [0.1, 0.15) is 19.5 Å². The number of amides is 1. The van der Waals surface area contributed by atoms with Gasteiger partial charge in [0, 0.05) is 16.6 Å². The minimum Gasteiger partial charge on any atom is -0.481 e. The van der Waals surface area contributed by atoms with Crippen molar-refractivity contribution in [3.05, 3.63) is 35.3 Å². The number of rotatable bonds is 8. The van der Waals surface area contributed by atoms with Crippen LogP contribution in [0.2, 0.25) is 0 Å². The smallest absolute Gasteiger partial charge is 0.309 e. The number of aromatic nitrogens is 1. The Hall–Kier alpha value is -2.25. The Balaban J connectivity index is 1.98. The van der Waals surface area contributed by atoms with Gasteiger partial charge in [0.05, 0.1) is 18.7 Å². The molecule has 0 spiro atoms. The summed E-state index contributed by atoms with van der Waals surface area (Å²) >= 11 is 1.41. The Morgan fingerprint density at radius 1 is 1.21 bits per heavy atom. The number of carbonyl (C=O) groups is 2. The third-order valence-electron chi connectivity index (χ3n) is 3.56. The topological polar surface area (TPSA) is 82.5 Å². The number of nitrogens with zero attached hydrogens (tertiary/aromatic N) is 2. The maximum absolute atomic E-state index is 12.0. The van der Waals surface area contributed by atoms with Crippen LogP contribution in [0.4, 0.5) is 5.69 Å². The van der Waals surface area contributed by atoms with Crippen LogP contribution >= 0.6 is 11.3 Å². The predicted molar refractivity (Wildman–Crippen MR) is 95.3 cm³/mol. The van der Waals surface area contributed by atoms with Gasteiger partial charge in [-0.05, 0) is 37.4 Å². The minimum atomic E-state index is -0.891. The monoisotopic (exact) mass is 347 g/mol. The molecule has 0 saturated carbocycles. The number of hydrogen-bond donors (Lipinski definition) is 2. The fourth-order valence-electron chi connectivity index (χ4n) is 2.22. The zero-order valence-corrected chi connectivity index (χ0v) is 14.6. The Kier molecular flexibility index (Phi) is 6.45. The molecule has 1 amide bonds. The van der Waals surface area contributed by atoms with Crippen LogP contribution in [0, 0.1) is 0 Å². The van der Waals surface area contributed by atoms with Crippen molar-refractivity contribution in [1.29, 1.82) is 0 Å². The highest BCUT2D eigenvalue weighted by atomic mass is 32.1. The second-order valence-electron chi connectivity index (χ2n) is 5.30. The van der Waals surface area contributed by atoms with Gasteiger partial charge in [-0.2, -0.15) is 0 Å². The van der Waals surface area contributed by atoms with Gasteiger partial charge in [-0.15, -0.1) is 11.3 Å². The van der Waals surface area contributed by atoms with E-state index in [1.54, 1.807) is 5.38 Å². The molecule has 2 N–H and O–H groups in total. The fraction of sp³-hybridized carbons (Fsp3) is 0.353. The highest BCUT2D eigenvalue weighted by Crippen LogP contribution is 2.25. The van der Waals surface area contributed by atoms with Gasteiger partial charge in [-0.25, -0.2) is 4.98 Å². The molecule has 2 aromatic rings. The molecular formula is C17H21N3O3S. The highest BCUT2D eigenvalue weighted by molar-refractivity contribution is 7.13. The minimum absolute atomic E-state index is 0.0376. The number of anilines is 1. The van der Waals surface area contributed by atoms with E-state index in [2.05, 4.69) is 10.3 Å². The first kappa shape index (κ1) is 18.1. The van der Waals surface area contributed by atoms with Crippen LogP contribution < -0.4 is 5.32 Å². The summed E-state index contributed by atoms with van der Waals surface area (Å²) in [6.07, 6.45) is -0.0734. The number of carbonyl (C=O) groups excluding carboxylic acids is 1. The van der Waals surface area contributed by atoms with E-state index in [4.69, 9.17) is 5.11 Å². The van der Waals surface area contributed by atoms with E-state index in [9.17, 15) is 9.59 Å². The molecule has 128 valence electrons. The molecule has 0 saturated heterocycles. The standard InChI is InChI=1S/C17H21N3O3S/c1-3-20(4-2)10-15(21)18-13-7-5-12(6-8-13)17-19-14(11-24-17)9-16(22)23/h5-8,11H,3-4,9-10H2,1-2H3,(H,18,21)(H,22,23). The third-order valence-corrected chi connectivity index (χ3v) is 4.50.